The molecule has 5 aromatic rings. The Morgan fingerprint density at radius 2 is 1.94 bits per heavy atom. The standard InChI is InChI=1S/C25H19ClN4O/c26-18-7-8-22-20(12-18)16(15-29-22)9-11-28-25(31)21-13-24(17-4-3-10-27-14-17)30-23-6-2-1-5-19(21)23/h1-8,10,12-15,29H,9,11H2,(H,28,31). The number of H-pyrrole nitrogens is 1. The Bertz CT molecular complexity index is 1400. The first-order valence-electron chi connectivity index (χ1n) is 10.0. The second kappa shape index (κ2) is 8.20. The third-order valence-corrected chi connectivity index (χ3v) is 5.56. The molecule has 0 radical (unpaired) electrons. The number of rotatable bonds is 5. The minimum atomic E-state index is -0.124. The highest BCUT2D eigenvalue weighted by Crippen LogP contribution is 2.25. The van der Waals surface area contributed by atoms with Gasteiger partial charge in [-0.3, -0.25) is 9.78 Å². The van der Waals surface area contributed by atoms with Crippen LogP contribution in [0.1, 0.15) is 15.9 Å². The van der Waals surface area contributed by atoms with Crippen LogP contribution < -0.4 is 5.32 Å². The van der Waals surface area contributed by atoms with Crippen LogP contribution in [0.15, 0.2) is 79.3 Å². The van der Waals surface area contributed by atoms with Crippen molar-refractivity contribution >= 4 is 39.3 Å². The maximum absolute atomic E-state index is 13.1. The molecule has 0 aliphatic rings. The predicted octanol–water partition coefficient (Wildman–Crippen LogP) is 5.40. The first-order chi connectivity index (χ1) is 15.2. The van der Waals surface area contributed by atoms with Gasteiger partial charge in [0, 0.05) is 52.0 Å². The first-order valence-corrected chi connectivity index (χ1v) is 10.4. The fourth-order valence-electron chi connectivity index (χ4n) is 3.79. The monoisotopic (exact) mass is 426 g/mol. The molecule has 152 valence electrons. The highest BCUT2D eigenvalue weighted by atomic mass is 35.5. The fourth-order valence-corrected chi connectivity index (χ4v) is 3.96. The molecule has 3 heterocycles. The number of carbonyl (C=O) groups excluding carboxylic acids is 1. The minimum absolute atomic E-state index is 0.124. The fraction of sp³-hybridized carbons (Fsp3) is 0.0800. The van der Waals surface area contributed by atoms with Crippen LogP contribution in [0.3, 0.4) is 0 Å². The second-order valence-electron chi connectivity index (χ2n) is 7.32. The first kappa shape index (κ1) is 19.3. The molecule has 3 aromatic heterocycles. The van der Waals surface area contributed by atoms with Gasteiger partial charge in [-0.2, -0.15) is 0 Å². The van der Waals surface area contributed by atoms with Gasteiger partial charge < -0.3 is 10.3 Å². The van der Waals surface area contributed by atoms with E-state index in [0.29, 0.717) is 23.6 Å². The summed E-state index contributed by atoms with van der Waals surface area (Å²) in [7, 11) is 0. The van der Waals surface area contributed by atoms with Gasteiger partial charge >= 0.3 is 0 Å². The number of benzene rings is 2. The lowest BCUT2D eigenvalue weighted by molar-refractivity contribution is 0.0956. The third kappa shape index (κ3) is 3.88. The van der Waals surface area contributed by atoms with Crippen LogP contribution in [0.4, 0.5) is 0 Å². The molecule has 0 fully saturated rings. The molecule has 31 heavy (non-hydrogen) atoms. The number of pyridine rings is 2. The maximum Gasteiger partial charge on any atom is 0.252 e. The van der Waals surface area contributed by atoms with Crippen LogP contribution in [0.25, 0.3) is 33.1 Å². The van der Waals surface area contributed by atoms with Gasteiger partial charge in [0.15, 0.2) is 0 Å². The zero-order valence-electron chi connectivity index (χ0n) is 16.6. The topological polar surface area (TPSA) is 70.7 Å². The number of hydrogen-bond acceptors (Lipinski definition) is 3. The summed E-state index contributed by atoms with van der Waals surface area (Å²) in [5, 5.41) is 5.66. The van der Waals surface area contributed by atoms with Crippen molar-refractivity contribution in [3.63, 3.8) is 0 Å². The van der Waals surface area contributed by atoms with Crippen LogP contribution in [0, 0.1) is 0 Å². The summed E-state index contributed by atoms with van der Waals surface area (Å²) in [6, 6.07) is 19.1. The van der Waals surface area contributed by atoms with Crippen LogP contribution in [-0.4, -0.2) is 27.4 Å². The van der Waals surface area contributed by atoms with Crippen LogP contribution >= 0.6 is 11.6 Å². The molecule has 0 bridgehead atoms. The van der Waals surface area contributed by atoms with Crippen molar-refractivity contribution in [3.8, 4) is 11.3 Å². The number of amides is 1. The minimum Gasteiger partial charge on any atom is -0.361 e. The van der Waals surface area contributed by atoms with Crippen LogP contribution in [0.2, 0.25) is 5.02 Å². The zero-order valence-corrected chi connectivity index (χ0v) is 17.4. The maximum atomic E-state index is 13.1. The molecule has 5 rings (SSSR count). The van der Waals surface area contributed by atoms with Gasteiger partial charge in [-0.1, -0.05) is 29.8 Å². The molecule has 2 N–H and O–H groups in total. The Labute approximate surface area is 184 Å². The number of aromatic nitrogens is 3. The van der Waals surface area contributed by atoms with Crippen molar-refractivity contribution in [3.05, 3.63) is 95.4 Å². The molecule has 2 aromatic carbocycles. The quantitative estimate of drug-likeness (QED) is 0.395. The van der Waals surface area contributed by atoms with E-state index < -0.39 is 0 Å². The van der Waals surface area contributed by atoms with E-state index in [-0.39, 0.29) is 5.91 Å². The van der Waals surface area contributed by atoms with E-state index in [2.05, 4.69) is 15.3 Å². The Kier molecular flexibility index (Phi) is 5.10. The van der Waals surface area contributed by atoms with Gasteiger partial charge in [-0.05, 0) is 54.4 Å². The summed E-state index contributed by atoms with van der Waals surface area (Å²) in [6.07, 6.45) is 6.14. The molecule has 0 unspecified atom stereocenters. The molecular formula is C25H19ClN4O. The number of halogens is 1. The van der Waals surface area contributed by atoms with E-state index in [1.807, 2.05) is 66.9 Å². The van der Waals surface area contributed by atoms with E-state index in [9.17, 15) is 4.79 Å². The Hall–Kier alpha value is -3.70. The predicted molar refractivity (Wildman–Crippen MR) is 124 cm³/mol. The number of carbonyl (C=O) groups is 1. The summed E-state index contributed by atoms with van der Waals surface area (Å²) < 4.78 is 0. The molecular weight excluding hydrogens is 408 g/mol. The Morgan fingerprint density at radius 3 is 2.81 bits per heavy atom. The SMILES string of the molecule is O=C(NCCc1c[nH]c2ccc(Cl)cc12)c1cc(-c2cccnc2)nc2ccccc12. The van der Waals surface area contributed by atoms with Gasteiger partial charge in [0.25, 0.3) is 5.91 Å². The van der Waals surface area contributed by atoms with Crippen molar-refractivity contribution in [2.24, 2.45) is 0 Å². The van der Waals surface area contributed by atoms with E-state index in [4.69, 9.17) is 16.6 Å². The Balaban J connectivity index is 1.40. The van der Waals surface area contributed by atoms with Crippen molar-refractivity contribution in [1.82, 2.24) is 20.3 Å². The van der Waals surface area contributed by atoms with Crippen molar-refractivity contribution in [2.45, 2.75) is 6.42 Å². The lowest BCUT2D eigenvalue weighted by Crippen LogP contribution is -2.26. The van der Waals surface area contributed by atoms with Crippen molar-refractivity contribution in [2.75, 3.05) is 6.54 Å². The summed E-state index contributed by atoms with van der Waals surface area (Å²) in [5.74, 6) is -0.124. The lowest BCUT2D eigenvalue weighted by Gasteiger charge is -2.10. The molecule has 0 aliphatic carbocycles. The molecule has 0 saturated heterocycles. The van der Waals surface area contributed by atoms with Gasteiger partial charge in [0.05, 0.1) is 16.8 Å². The van der Waals surface area contributed by atoms with E-state index in [0.717, 1.165) is 38.6 Å². The zero-order chi connectivity index (χ0) is 21.2. The highest BCUT2D eigenvalue weighted by molar-refractivity contribution is 6.31. The summed E-state index contributed by atoms with van der Waals surface area (Å²) >= 11 is 6.14. The number of nitrogens with zero attached hydrogens (tertiary/aromatic N) is 2. The number of nitrogens with one attached hydrogen (secondary N) is 2. The smallest absolute Gasteiger partial charge is 0.252 e. The molecule has 6 heteroatoms. The lowest BCUT2D eigenvalue weighted by atomic mass is 10.0. The van der Waals surface area contributed by atoms with Crippen LogP contribution in [0.5, 0.6) is 0 Å². The second-order valence-corrected chi connectivity index (χ2v) is 7.76. The normalized spacial score (nSPS) is 11.1. The van der Waals surface area contributed by atoms with Gasteiger partial charge in [-0.25, -0.2) is 4.98 Å². The van der Waals surface area contributed by atoms with E-state index >= 15 is 0 Å². The Morgan fingerprint density at radius 1 is 1.03 bits per heavy atom. The van der Waals surface area contributed by atoms with Gasteiger partial charge in [-0.15, -0.1) is 0 Å². The molecule has 0 saturated carbocycles. The number of para-hydroxylation sites is 1. The average Bonchev–Trinajstić information content (AvgIpc) is 3.20. The molecule has 0 aliphatic heterocycles. The highest BCUT2D eigenvalue weighted by Gasteiger charge is 2.14. The largest absolute Gasteiger partial charge is 0.361 e. The summed E-state index contributed by atoms with van der Waals surface area (Å²) in [4.78, 5) is 25.2. The number of aromatic amines is 1. The third-order valence-electron chi connectivity index (χ3n) is 5.33. The summed E-state index contributed by atoms with van der Waals surface area (Å²) in [6.45, 7) is 0.511. The summed E-state index contributed by atoms with van der Waals surface area (Å²) in [5.41, 5.74) is 5.13. The molecule has 0 spiro atoms. The van der Waals surface area contributed by atoms with Crippen LogP contribution in [-0.2, 0) is 6.42 Å². The van der Waals surface area contributed by atoms with E-state index in [1.165, 1.54) is 0 Å². The van der Waals surface area contributed by atoms with Gasteiger partial charge in [0.2, 0.25) is 0 Å². The number of fused-ring (bicyclic) bond motifs is 2. The van der Waals surface area contributed by atoms with Gasteiger partial charge in [0.1, 0.15) is 0 Å². The van der Waals surface area contributed by atoms with Crippen molar-refractivity contribution in [1.29, 1.82) is 0 Å². The average molecular weight is 427 g/mol. The molecule has 5 nitrogen and oxygen atoms in total. The molecule has 1 amide bonds. The van der Waals surface area contributed by atoms with Crippen molar-refractivity contribution < 1.29 is 4.79 Å². The van der Waals surface area contributed by atoms with E-state index in [1.54, 1.807) is 12.4 Å². The number of hydrogen-bond donors (Lipinski definition) is 2. The molecule has 0 atom stereocenters.